The highest BCUT2D eigenvalue weighted by Gasteiger charge is 2.16. The fourth-order valence-corrected chi connectivity index (χ4v) is 1.14. The number of amides is 1. The molecular weight excluding hydrogens is 231 g/mol. The van der Waals surface area contributed by atoms with E-state index in [-0.39, 0.29) is 12.1 Å². The Hall–Kier alpha value is -2.02. The van der Waals surface area contributed by atoms with Crippen LogP contribution in [-0.2, 0) is 0 Å². The number of halogens is 1. The molecule has 2 N–H and O–H groups in total. The van der Waals surface area contributed by atoms with Crippen LogP contribution in [0.2, 0.25) is 0 Å². The van der Waals surface area contributed by atoms with Crippen molar-refractivity contribution in [2.45, 2.75) is 13.0 Å². The van der Waals surface area contributed by atoms with Crippen molar-refractivity contribution in [3.63, 3.8) is 0 Å². The highest BCUT2D eigenvalue weighted by atomic mass is 19.1. The fraction of sp³-hybridized carbons (Fsp3) is 0.300. The number of nitrogens with zero attached hydrogens (tertiary/aromatic N) is 1. The second kappa shape index (κ2) is 5.35. The van der Waals surface area contributed by atoms with Gasteiger partial charge in [0, 0.05) is 12.6 Å². The van der Waals surface area contributed by atoms with Crippen LogP contribution in [0, 0.1) is 15.9 Å². The highest BCUT2D eigenvalue weighted by molar-refractivity contribution is 5.94. The summed E-state index contributed by atoms with van der Waals surface area (Å²) in [4.78, 5) is 21.0. The number of aliphatic hydroxyl groups is 1. The first-order valence-corrected chi connectivity index (χ1v) is 4.82. The van der Waals surface area contributed by atoms with E-state index in [1.54, 1.807) is 0 Å². The minimum absolute atomic E-state index is 0.0186. The molecule has 1 aromatic rings. The fourth-order valence-electron chi connectivity index (χ4n) is 1.14. The van der Waals surface area contributed by atoms with E-state index in [0.717, 1.165) is 12.1 Å². The zero-order valence-electron chi connectivity index (χ0n) is 9.01. The predicted molar refractivity (Wildman–Crippen MR) is 57.1 cm³/mol. The molecule has 0 aromatic heterocycles. The second-order valence-corrected chi connectivity index (χ2v) is 3.48. The van der Waals surface area contributed by atoms with Crippen molar-refractivity contribution in [2.75, 3.05) is 6.54 Å². The molecule has 6 nitrogen and oxygen atoms in total. The number of carbonyl (C=O) groups is 1. The van der Waals surface area contributed by atoms with E-state index in [0.29, 0.717) is 6.07 Å². The summed E-state index contributed by atoms with van der Waals surface area (Å²) in [6.45, 7) is 1.45. The largest absolute Gasteiger partial charge is 0.392 e. The number of benzene rings is 1. The van der Waals surface area contributed by atoms with Gasteiger partial charge in [-0.15, -0.1) is 0 Å². The van der Waals surface area contributed by atoms with Crippen LogP contribution in [0.15, 0.2) is 18.2 Å². The molecule has 1 aromatic carbocycles. The van der Waals surface area contributed by atoms with Crippen LogP contribution in [-0.4, -0.2) is 28.6 Å². The lowest BCUT2D eigenvalue weighted by Gasteiger charge is -2.07. The van der Waals surface area contributed by atoms with Crippen molar-refractivity contribution in [3.05, 3.63) is 39.7 Å². The third-order valence-corrected chi connectivity index (χ3v) is 1.97. The maximum atomic E-state index is 13.4. The summed E-state index contributed by atoms with van der Waals surface area (Å²) in [6, 6.07) is 2.75. The van der Waals surface area contributed by atoms with E-state index in [2.05, 4.69) is 5.32 Å². The highest BCUT2D eigenvalue weighted by Crippen LogP contribution is 2.16. The molecule has 0 saturated heterocycles. The van der Waals surface area contributed by atoms with Crippen molar-refractivity contribution in [1.82, 2.24) is 5.32 Å². The van der Waals surface area contributed by atoms with Crippen molar-refractivity contribution < 1.29 is 19.2 Å². The van der Waals surface area contributed by atoms with Gasteiger partial charge >= 0.3 is 0 Å². The van der Waals surface area contributed by atoms with Gasteiger partial charge in [-0.3, -0.25) is 14.9 Å². The third-order valence-electron chi connectivity index (χ3n) is 1.97. The van der Waals surface area contributed by atoms with Gasteiger partial charge in [0.25, 0.3) is 11.6 Å². The van der Waals surface area contributed by atoms with E-state index < -0.39 is 28.4 Å². The average molecular weight is 242 g/mol. The molecule has 0 aliphatic rings. The predicted octanol–water partition coefficient (Wildman–Crippen LogP) is 0.845. The van der Waals surface area contributed by atoms with E-state index in [1.165, 1.54) is 6.92 Å². The summed E-state index contributed by atoms with van der Waals surface area (Å²) < 4.78 is 13.4. The van der Waals surface area contributed by atoms with Gasteiger partial charge in [0.1, 0.15) is 5.82 Å². The van der Waals surface area contributed by atoms with Crippen LogP contribution >= 0.6 is 0 Å². The monoisotopic (exact) mass is 242 g/mol. The smallest absolute Gasteiger partial charge is 0.272 e. The van der Waals surface area contributed by atoms with Gasteiger partial charge in [-0.05, 0) is 13.0 Å². The molecule has 1 amide bonds. The Kier molecular flexibility index (Phi) is 4.11. The molecule has 0 radical (unpaired) electrons. The van der Waals surface area contributed by atoms with Crippen molar-refractivity contribution >= 4 is 11.6 Å². The Bertz CT molecular complexity index is 448. The van der Waals surface area contributed by atoms with Crippen LogP contribution in [0.3, 0.4) is 0 Å². The molecule has 0 unspecified atom stereocenters. The standard InChI is InChI=1S/C10H11FN2O4/c1-6(14)5-12-10(15)8-3-2-7(13(16)17)4-9(8)11/h2-4,6,14H,5H2,1H3,(H,12,15)/t6-/m1/s1. The summed E-state index contributed by atoms with van der Waals surface area (Å²) in [7, 11) is 0. The van der Waals surface area contributed by atoms with E-state index >= 15 is 0 Å². The van der Waals surface area contributed by atoms with Crippen LogP contribution in [0.4, 0.5) is 10.1 Å². The zero-order valence-corrected chi connectivity index (χ0v) is 9.01. The van der Waals surface area contributed by atoms with Gasteiger partial charge in [-0.25, -0.2) is 4.39 Å². The molecule has 92 valence electrons. The Morgan fingerprint density at radius 3 is 2.76 bits per heavy atom. The summed E-state index contributed by atoms with van der Waals surface area (Å²) in [5.74, 6) is -1.69. The minimum atomic E-state index is -0.970. The van der Waals surface area contributed by atoms with Gasteiger partial charge in [-0.2, -0.15) is 0 Å². The third kappa shape index (κ3) is 3.49. The molecule has 0 bridgehead atoms. The molecular formula is C10H11FN2O4. The van der Waals surface area contributed by atoms with Gasteiger partial charge in [-0.1, -0.05) is 0 Å². The topological polar surface area (TPSA) is 92.5 Å². The first-order valence-electron chi connectivity index (χ1n) is 4.82. The van der Waals surface area contributed by atoms with Gasteiger partial charge in [0.2, 0.25) is 0 Å². The summed E-state index contributed by atoms with van der Waals surface area (Å²) in [6.07, 6.45) is -0.750. The molecule has 0 aliphatic carbocycles. The molecule has 0 spiro atoms. The maximum Gasteiger partial charge on any atom is 0.272 e. The van der Waals surface area contributed by atoms with E-state index in [9.17, 15) is 19.3 Å². The van der Waals surface area contributed by atoms with E-state index in [4.69, 9.17) is 5.11 Å². The van der Waals surface area contributed by atoms with Gasteiger partial charge < -0.3 is 10.4 Å². The summed E-state index contributed by atoms with van der Waals surface area (Å²) in [5.41, 5.74) is -0.717. The Balaban J connectivity index is 2.85. The molecule has 1 rings (SSSR count). The molecule has 0 aliphatic heterocycles. The summed E-state index contributed by atoms with van der Waals surface area (Å²) >= 11 is 0. The molecule has 0 saturated carbocycles. The lowest BCUT2D eigenvalue weighted by atomic mass is 10.2. The Labute approximate surface area is 96.2 Å². The van der Waals surface area contributed by atoms with Crippen molar-refractivity contribution in [1.29, 1.82) is 0 Å². The Morgan fingerprint density at radius 1 is 1.65 bits per heavy atom. The van der Waals surface area contributed by atoms with Crippen LogP contribution < -0.4 is 5.32 Å². The number of aliphatic hydroxyl groups excluding tert-OH is 1. The first-order chi connectivity index (χ1) is 7.91. The lowest BCUT2D eigenvalue weighted by Crippen LogP contribution is -2.31. The van der Waals surface area contributed by atoms with Crippen LogP contribution in [0.5, 0.6) is 0 Å². The number of non-ortho nitro benzene ring substituents is 1. The normalized spacial score (nSPS) is 11.9. The maximum absolute atomic E-state index is 13.4. The van der Waals surface area contributed by atoms with Gasteiger partial charge in [0.15, 0.2) is 0 Å². The number of nitrogens with one attached hydrogen (secondary N) is 1. The van der Waals surface area contributed by atoms with Crippen molar-refractivity contribution in [3.8, 4) is 0 Å². The second-order valence-electron chi connectivity index (χ2n) is 3.48. The minimum Gasteiger partial charge on any atom is -0.392 e. The van der Waals surface area contributed by atoms with Crippen LogP contribution in [0.25, 0.3) is 0 Å². The molecule has 17 heavy (non-hydrogen) atoms. The average Bonchev–Trinajstić information content (AvgIpc) is 2.25. The lowest BCUT2D eigenvalue weighted by molar-refractivity contribution is -0.385. The Morgan fingerprint density at radius 2 is 2.29 bits per heavy atom. The summed E-state index contributed by atoms with van der Waals surface area (Å²) in [5, 5.41) is 21.6. The molecule has 0 heterocycles. The van der Waals surface area contributed by atoms with E-state index in [1.807, 2.05) is 0 Å². The number of carbonyl (C=O) groups excluding carboxylic acids is 1. The molecule has 0 fully saturated rings. The molecule has 1 atom stereocenters. The quantitative estimate of drug-likeness (QED) is 0.604. The SMILES string of the molecule is C[C@@H](O)CNC(=O)c1ccc([N+](=O)[O-])cc1F. The number of hydrogen-bond donors (Lipinski definition) is 2. The first kappa shape index (κ1) is 13.0. The number of hydrogen-bond acceptors (Lipinski definition) is 4. The molecule has 7 heteroatoms. The zero-order chi connectivity index (χ0) is 13.0. The van der Waals surface area contributed by atoms with Crippen LogP contribution in [0.1, 0.15) is 17.3 Å². The number of rotatable bonds is 4. The number of nitro benzene ring substituents is 1. The van der Waals surface area contributed by atoms with Gasteiger partial charge in [0.05, 0.1) is 22.7 Å². The van der Waals surface area contributed by atoms with Crippen molar-refractivity contribution in [2.24, 2.45) is 0 Å². The number of nitro groups is 1.